The van der Waals surface area contributed by atoms with Crippen LogP contribution in [0.15, 0.2) is 67.1 Å². The van der Waals surface area contributed by atoms with E-state index in [1.54, 1.807) is 18.6 Å². The van der Waals surface area contributed by atoms with Gasteiger partial charge in [0.15, 0.2) is 5.78 Å². The monoisotopic (exact) mass is 483 g/mol. The highest BCUT2D eigenvalue weighted by atomic mass is 19.1. The number of nitrogens with one attached hydrogen (secondary N) is 1. The lowest BCUT2D eigenvalue weighted by Gasteiger charge is -2.35. The molecule has 1 N–H and O–H groups in total. The lowest BCUT2D eigenvalue weighted by Crippen LogP contribution is -2.42. The van der Waals surface area contributed by atoms with Crippen molar-refractivity contribution in [2.24, 2.45) is 0 Å². The van der Waals surface area contributed by atoms with Gasteiger partial charge < -0.3 is 10.2 Å². The van der Waals surface area contributed by atoms with Gasteiger partial charge in [0.2, 0.25) is 0 Å². The number of likely N-dealkylation sites (tertiary alicyclic amines) is 1. The number of carbonyl (C=O) groups excluding carboxylic acids is 1. The van der Waals surface area contributed by atoms with Crippen LogP contribution in [0.4, 0.5) is 10.2 Å². The number of hydrogen-bond acceptors (Lipinski definition) is 6. The third kappa shape index (κ3) is 5.57. The van der Waals surface area contributed by atoms with Gasteiger partial charge in [-0.1, -0.05) is 12.1 Å². The van der Waals surface area contributed by atoms with Crippen molar-refractivity contribution in [2.45, 2.75) is 45.2 Å². The number of carbonyl (C=O) groups is 1. The molecule has 4 aromatic rings. The molecule has 0 spiro atoms. The maximum Gasteiger partial charge on any atom is 0.168 e. The van der Waals surface area contributed by atoms with Crippen LogP contribution in [0.25, 0.3) is 22.0 Å². The van der Waals surface area contributed by atoms with Crippen molar-refractivity contribution >= 4 is 22.4 Å². The molecule has 1 aliphatic rings. The molecule has 1 aliphatic heterocycles. The number of halogens is 1. The molecule has 1 fully saturated rings. The highest BCUT2D eigenvalue weighted by molar-refractivity contribution is 5.97. The second kappa shape index (κ2) is 10.5. The number of nitrogens with zero attached hydrogens (tertiary/aromatic N) is 4. The second-order valence-corrected chi connectivity index (χ2v) is 9.68. The zero-order chi connectivity index (χ0) is 25.1. The van der Waals surface area contributed by atoms with Crippen molar-refractivity contribution in [3.8, 4) is 11.3 Å². The van der Waals surface area contributed by atoms with E-state index >= 15 is 0 Å². The number of Topliss-reactive ketones (excluding diaryl/α,β-unsaturated/α-hetero) is 1. The minimum Gasteiger partial charge on any atom is -0.366 e. The molecule has 0 saturated carbocycles. The predicted octanol–water partition coefficient (Wildman–Crippen LogP) is 5.54. The molecule has 3 heterocycles. The molecular weight excluding hydrogens is 453 g/mol. The van der Waals surface area contributed by atoms with E-state index in [1.807, 2.05) is 18.2 Å². The van der Waals surface area contributed by atoms with Crippen LogP contribution in [0.2, 0.25) is 0 Å². The summed E-state index contributed by atoms with van der Waals surface area (Å²) in [6, 6.07) is 14.6. The summed E-state index contributed by atoms with van der Waals surface area (Å²) >= 11 is 0. The summed E-state index contributed by atoms with van der Waals surface area (Å²) < 4.78 is 13.2. The Morgan fingerprint density at radius 2 is 1.81 bits per heavy atom. The first-order valence-electron chi connectivity index (χ1n) is 12.4. The number of rotatable bonds is 7. The third-order valence-corrected chi connectivity index (χ3v) is 6.83. The first kappa shape index (κ1) is 24.0. The number of piperidine rings is 1. The van der Waals surface area contributed by atoms with Gasteiger partial charge in [0.25, 0.3) is 0 Å². The molecule has 0 aliphatic carbocycles. The summed E-state index contributed by atoms with van der Waals surface area (Å²) in [5.41, 5.74) is 2.89. The number of aromatic nitrogens is 3. The fourth-order valence-electron chi connectivity index (χ4n) is 4.69. The Morgan fingerprint density at radius 3 is 2.56 bits per heavy atom. The smallest absolute Gasteiger partial charge is 0.168 e. The maximum atomic E-state index is 13.2. The molecule has 36 heavy (non-hydrogen) atoms. The molecule has 6 nitrogen and oxygen atoms in total. The lowest BCUT2D eigenvalue weighted by molar-refractivity contribution is 0.0992. The Kier molecular flexibility index (Phi) is 7.00. The summed E-state index contributed by atoms with van der Waals surface area (Å²) in [6.07, 6.45) is 7.66. The van der Waals surface area contributed by atoms with Crippen LogP contribution in [0, 0.1) is 5.82 Å². The normalized spacial score (nSPS) is 14.9. The largest absolute Gasteiger partial charge is 0.366 e. The summed E-state index contributed by atoms with van der Waals surface area (Å²) in [6.45, 7) is 6.67. The molecule has 0 bridgehead atoms. The van der Waals surface area contributed by atoms with Gasteiger partial charge in [-0.15, -0.1) is 0 Å². The highest BCUT2D eigenvalue weighted by Crippen LogP contribution is 2.25. The van der Waals surface area contributed by atoms with Gasteiger partial charge in [-0.25, -0.2) is 9.37 Å². The minimum absolute atomic E-state index is 0.0955. The van der Waals surface area contributed by atoms with Crippen molar-refractivity contribution in [3.63, 3.8) is 0 Å². The van der Waals surface area contributed by atoms with E-state index < -0.39 is 0 Å². The van der Waals surface area contributed by atoms with Crippen molar-refractivity contribution in [2.75, 3.05) is 18.4 Å². The van der Waals surface area contributed by atoms with Crippen LogP contribution in [-0.2, 0) is 6.42 Å². The Labute approximate surface area is 210 Å². The summed E-state index contributed by atoms with van der Waals surface area (Å²) in [5.74, 6) is 0.333. The average molecular weight is 484 g/mol. The zero-order valence-electron chi connectivity index (χ0n) is 20.6. The van der Waals surface area contributed by atoms with Crippen LogP contribution in [0.1, 0.15) is 42.7 Å². The SMILES string of the molecule is CC(C)N1CCC(Nc2cncc(-c3ccc4cnc(CC(=O)c5ccc(F)cc5)cc4c3)n2)CC1. The van der Waals surface area contributed by atoms with Crippen LogP contribution in [0.5, 0.6) is 0 Å². The molecule has 184 valence electrons. The van der Waals surface area contributed by atoms with E-state index in [2.05, 4.69) is 40.1 Å². The number of anilines is 1. The van der Waals surface area contributed by atoms with Gasteiger partial charge in [0.1, 0.15) is 11.6 Å². The number of benzene rings is 2. The first-order valence-corrected chi connectivity index (χ1v) is 12.4. The van der Waals surface area contributed by atoms with Crippen molar-refractivity contribution in [1.82, 2.24) is 19.9 Å². The third-order valence-electron chi connectivity index (χ3n) is 6.83. The Hall–Kier alpha value is -3.71. The number of pyridine rings is 1. The number of hydrogen-bond donors (Lipinski definition) is 1. The number of fused-ring (bicyclic) bond motifs is 1. The Morgan fingerprint density at radius 1 is 1.03 bits per heavy atom. The molecular formula is C29H30FN5O. The average Bonchev–Trinajstić information content (AvgIpc) is 2.89. The fraction of sp³-hybridized carbons (Fsp3) is 0.310. The van der Waals surface area contributed by atoms with Gasteiger partial charge >= 0.3 is 0 Å². The summed E-state index contributed by atoms with van der Waals surface area (Å²) in [7, 11) is 0. The van der Waals surface area contributed by atoms with Crippen molar-refractivity contribution in [1.29, 1.82) is 0 Å². The molecule has 5 rings (SSSR count). The Balaban J connectivity index is 1.31. The van der Waals surface area contributed by atoms with Crippen molar-refractivity contribution in [3.05, 3.63) is 84.2 Å². The standard InChI is InChI=1S/C29H30FN5O/c1-19(2)35-11-9-25(10-12-35)33-29-18-31-17-27(34-29)21-3-4-22-16-32-26(14-23(22)13-21)15-28(36)20-5-7-24(30)8-6-20/h3-8,13-14,16-19,25H,9-12,15H2,1-2H3,(H,33,34). The topological polar surface area (TPSA) is 71.0 Å². The second-order valence-electron chi connectivity index (χ2n) is 9.68. The molecule has 1 saturated heterocycles. The van der Waals surface area contributed by atoms with E-state index in [1.165, 1.54) is 24.3 Å². The van der Waals surface area contributed by atoms with Crippen LogP contribution >= 0.6 is 0 Å². The van der Waals surface area contributed by atoms with E-state index in [-0.39, 0.29) is 18.0 Å². The molecule has 2 aromatic carbocycles. The lowest BCUT2D eigenvalue weighted by atomic mass is 10.0. The van der Waals surface area contributed by atoms with Gasteiger partial charge in [-0.3, -0.25) is 14.8 Å². The van der Waals surface area contributed by atoms with Crippen molar-refractivity contribution < 1.29 is 9.18 Å². The van der Waals surface area contributed by atoms with E-state index in [9.17, 15) is 9.18 Å². The quantitative estimate of drug-likeness (QED) is 0.348. The van der Waals surface area contributed by atoms with Gasteiger partial charge in [0.05, 0.1) is 24.5 Å². The molecule has 0 radical (unpaired) electrons. The fourth-order valence-corrected chi connectivity index (χ4v) is 4.69. The van der Waals surface area contributed by atoms with E-state index in [0.717, 1.165) is 53.8 Å². The van der Waals surface area contributed by atoms with Crippen LogP contribution in [0.3, 0.4) is 0 Å². The predicted molar refractivity (Wildman–Crippen MR) is 141 cm³/mol. The number of ketones is 1. The van der Waals surface area contributed by atoms with Gasteiger partial charge in [-0.05, 0) is 68.5 Å². The summed E-state index contributed by atoms with van der Waals surface area (Å²) in [5, 5.41) is 5.53. The minimum atomic E-state index is -0.359. The first-order chi connectivity index (χ1) is 17.4. The maximum absolute atomic E-state index is 13.2. The summed E-state index contributed by atoms with van der Waals surface area (Å²) in [4.78, 5) is 28.8. The van der Waals surface area contributed by atoms with Gasteiger partial charge in [0, 0.05) is 53.6 Å². The van der Waals surface area contributed by atoms with Crippen LogP contribution in [-0.4, -0.2) is 50.8 Å². The highest BCUT2D eigenvalue weighted by Gasteiger charge is 2.21. The van der Waals surface area contributed by atoms with E-state index in [4.69, 9.17) is 4.98 Å². The van der Waals surface area contributed by atoms with E-state index in [0.29, 0.717) is 23.3 Å². The molecule has 0 amide bonds. The molecule has 0 atom stereocenters. The molecule has 0 unspecified atom stereocenters. The van der Waals surface area contributed by atoms with Gasteiger partial charge in [-0.2, -0.15) is 0 Å². The molecule has 2 aromatic heterocycles. The molecule has 7 heteroatoms. The zero-order valence-corrected chi connectivity index (χ0v) is 20.6. The Bertz CT molecular complexity index is 1360. The van der Waals surface area contributed by atoms with Crippen LogP contribution < -0.4 is 5.32 Å².